The molecule has 4 heterocycles. The first-order chi connectivity index (χ1) is 18.6. The second-order valence-corrected chi connectivity index (χ2v) is 10.7. The van der Waals surface area contributed by atoms with Crippen LogP contribution in [0.5, 0.6) is 6.01 Å². The first-order valence-corrected chi connectivity index (χ1v) is 13.3. The third kappa shape index (κ3) is 5.76. The number of aliphatic hydroxyl groups is 1. The summed E-state index contributed by atoms with van der Waals surface area (Å²) in [6.45, 7) is 4.55. The van der Waals surface area contributed by atoms with E-state index in [0.717, 1.165) is 24.9 Å². The lowest BCUT2D eigenvalue weighted by molar-refractivity contribution is -0.137. The summed E-state index contributed by atoms with van der Waals surface area (Å²) in [6, 6.07) is 7.07. The molecule has 12 heteroatoms. The van der Waals surface area contributed by atoms with Crippen LogP contribution in [0.1, 0.15) is 41.6 Å². The summed E-state index contributed by atoms with van der Waals surface area (Å²) in [7, 11) is 2.05. The number of β-amino-alcohol motifs (C(OH)–C–C–N with tert-alkyl or cyclic N) is 1. The van der Waals surface area contributed by atoms with Crippen molar-refractivity contribution in [2.24, 2.45) is 0 Å². The molecule has 0 spiro atoms. The number of benzene rings is 1. The Hall–Kier alpha value is -3.14. The molecule has 1 aromatic carbocycles. The highest BCUT2D eigenvalue weighted by Crippen LogP contribution is 2.41. The number of alkyl halides is 3. The predicted octanol–water partition coefficient (Wildman–Crippen LogP) is 2.85. The fourth-order valence-corrected chi connectivity index (χ4v) is 5.87. The molecule has 2 atom stereocenters. The monoisotopic (exact) mass is 545 g/mol. The number of likely N-dealkylation sites (tertiary alicyclic amines) is 1. The number of rotatable bonds is 6. The molecule has 5 rings (SSSR count). The zero-order valence-corrected chi connectivity index (χ0v) is 22.3. The number of nitriles is 1. The molecule has 2 N–H and O–H groups in total. The minimum atomic E-state index is -4.48. The van der Waals surface area contributed by atoms with Gasteiger partial charge in [-0.25, -0.2) is 0 Å². The normalized spacial score (nSPS) is 24.0. The van der Waals surface area contributed by atoms with E-state index in [2.05, 4.69) is 22.2 Å². The Balaban J connectivity index is 1.49. The Kier molecular flexibility index (Phi) is 7.59. The molecule has 3 aliphatic heterocycles. The average Bonchev–Trinajstić information content (AvgIpc) is 3.30. The first kappa shape index (κ1) is 27.4. The highest BCUT2D eigenvalue weighted by atomic mass is 19.4. The summed E-state index contributed by atoms with van der Waals surface area (Å²) in [6.07, 6.45) is -2.04. The average molecular weight is 546 g/mol. The Bertz CT molecular complexity index is 1250. The topological polar surface area (TPSA) is 101 Å². The molecular formula is C27H34F3N7O2. The maximum Gasteiger partial charge on any atom is 0.418 e. The van der Waals surface area contributed by atoms with Crippen molar-refractivity contribution in [1.29, 1.82) is 5.26 Å². The molecule has 9 nitrogen and oxygen atoms in total. The van der Waals surface area contributed by atoms with E-state index in [4.69, 9.17) is 9.72 Å². The second-order valence-electron chi connectivity index (χ2n) is 10.7. The molecule has 0 radical (unpaired) electrons. The van der Waals surface area contributed by atoms with Crippen LogP contribution in [0.25, 0.3) is 0 Å². The van der Waals surface area contributed by atoms with Crippen molar-refractivity contribution >= 4 is 11.5 Å². The van der Waals surface area contributed by atoms with E-state index in [-0.39, 0.29) is 42.8 Å². The zero-order valence-electron chi connectivity index (χ0n) is 22.3. The largest absolute Gasteiger partial charge is 0.462 e. The van der Waals surface area contributed by atoms with E-state index in [1.807, 2.05) is 11.0 Å². The van der Waals surface area contributed by atoms with Crippen LogP contribution in [0.2, 0.25) is 0 Å². The standard InChI is InChI=1S/C27H34F3N7O2/c1-18-5-3-7-22(23(18)27(28,29)30)36-13-8-20-21(15-36)33-25(39-16-19-6-4-12-35(19)2)34-24(20)37-14-11-32-26(38,17-37)9-10-31/h3,5,7,19,32,38H,4,6,8-9,11-17H2,1-2H3/t19-,26-/m0/s1. The van der Waals surface area contributed by atoms with Crippen LogP contribution in [0.4, 0.5) is 24.7 Å². The number of anilines is 2. The van der Waals surface area contributed by atoms with Crippen LogP contribution in [0.3, 0.4) is 0 Å². The molecule has 3 aliphatic rings. The summed E-state index contributed by atoms with van der Waals surface area (Å²) in [5.41, 5.74) is -0.267. The van der Waals surface area contributed by atoms with Gasteiger partial charge in [0.2, 0.25) is 0 Å². The SMILES string of the molecule is Cc1cccc(N2CCc3c(nc(OC[C@@H]4CCCN4C)nc3N3CCN[C@](O)(CC#N)C3)C2)c1C(F)(F)F. The Morgan fingerprint density at radius 1 is 1.23 bits per heavy atom. The van der Waals surface area contributed by atoms with E-state index in [1.165, 1.54) is 19.1 Å². The number of nitrogens with zero attached hydrogens (tertiary/aromatic N) is 6. The van der Waals surface area contributed by atoms with Crippen LogP contribution >= 0.6 is 0 Å². The van der Waals surface area contributed by atoms with Gasteiger partial charge in [-0.05, 0) is 51.4 Å². The number of likely N-dealkylation sites (N-methyl/N-ethyl adjacent to an activating group) is 1. The third-order valence-electron chi connectivity index (χ3n) is 7.93. The summed E-state index contributed by atoms with van der Waals surface area (Å²) >= 11 is 0. The number of aromatic nitrogens is 2. The summed E-state index contributed by atoms with van der Waals surface area (Å²) in [5.74, 6) is 0.604. The smallest absolute Gasteiger partial charge is 0.418 e. The molecule has 0 unspecified atom stereocenters. The second kappa shape index (κ2) is 10.8. The minimum Gasteiger partial charge on any atom is -0.462 e. The van der Waals surface area contributed by atoms with Gasteiger partial charge in [0, 0.05) is 36.9 Å². The quantitative estimate of drug-likeness (QED) is 0.568. The predicted molar refractivity (Wildman–Crippen MR) is 140 cm³/mol. The lowest BCUT2D eigenvalue weighted by atomic mass is 10.00. The lowest BCUT2D eigenvalue weighted by Gasteiger charge is -2.41. The van der Waals surface area contributed by atoms with E-state index in [0.29, 0.717) is 44.2 Å². The van der Waals surface area contributed by atoms with Crippen molar-refractivity contribution in [3.63, 3.8) is 0 Å². The number of hydrogen-bond donors (Lipinski definition) is 2. The number of nitrogens with one attached hydrogen (secondary N) is 1. The maximum absolute atomic E-state index is 14.0. The number of fused-ring (bicyclic) bond motifs is 1. The van der Waals surface area contributed by atoms with E-state index in [9.17, 15) is 23.5 Å². The van der Waals surface area contributed by atoms with Gasteiger partial charge >= 0.3 is 12.2 Å². The number of piperazine rings is 1. The molecule has 210 valence electrons. The first-order valence-electron chi connectivity index (χ1n) is 13.3. The fraction of sp³-hybridized carbons (Fsp3) is 0.593. The van der Waals surface area contributed by atoms with Crippen molar-refractivity contribution in [3.8, 4) is 12.1 Å². The van der Waals surface area contributed by atoms with Crippen molar-refractivity contribution in [2.75, 3.05) is 56.2 Å². The molecule has 2 aromatic rings. The summed E-state index contributed by atoms with van der Waals surface area (Å²) < 4.78 is 48.1. The number of aryl methyl sites for hydroxylation is 1. The number of halogens is 3. The molecule has 0 amide bonds. The lowest BCUT2D eigenvalue weighted by Crippen LogP contribution is -2.61. The van der Waals surface area contributed by atoms with Gasteiger partial charge in [0.15, 0.2) is 0 Å². The van der Waals surface area contributed by atoms with Crippen LogP contribution < -0.4 is 19.9 Å². The van der Waals surface area contributed by atoms with Crippen LogP contribution in [0, 0.1) is 18.3 Å². The van der Waals surface area contributed by atoms with Crippen LogP contribution in [-0.2, 0) is 19.1 Å². The minimum absolute atomic E-state index is 0.0878. The molecule has 39 heavy (non-hydrogen) atoms. The zero-order chi connectivity index (χ0) is 27.8. The van der Waals surface area contributed by atoms with Gasteiger partial charge in [-0.1, -0.05) is 12.1 Å². The van der Waals surface area contributed by atoms with Gasteiger partial charge in [-0.3, -0.25) is 5.32 Å². The number of ether oxygens (including phenoxy) is 1. The summed E-state index contributed by atoms with van der Waals surface area (Å²) in [4.78, 5) is 15.3. The van der Waals surface area contributed by atoms with Gasteiger partial charge in [0.1, 0.15) is 18.1 Å². The molecule has 1 aromatic heterocycles. The maximum atomic E-state index is 14.0. The highest BCUT2D eigenvalue weighted by Gasteiger charge is 2.39. The molecular weight excluding hydrogens is 511 g/mol. The van der Waals surface area contributed by atoms with Gasteiger partial charge in [-0.15, -0.1) is 0 Å². The number of hydrogen-bond acceptors (Lipinski definition) is 9. The molecule has 2 fully saturated rings. The van der Waals surface area contributed by atoms with Gasteiger partial charge in [-0.2, -0.15) is 28.4 Å². The summed E-state index contributed by atoms with van der Waals surface area (Å²) in [5, 5.41) is 23.1. The van der Waals surface area contributed by atoms with Crippen molar-refractivity contribution in [3.05, 3.63) is 40.6 Å². The van der Waals surface area contributed by atoms with Gasteiger partial charge in [0.05, 0.1) is 36.8 Å². The molecule has 0 aliphatic carbocycles. The molecule has 2 saturated heterocycles. The third-order valence-corrected chi connectivity index (χ3v) is 7.93. The van der Waals surface area contributed by atoms with E-state index < -0.39 is 17.5 Å². The van der Waals surface area contributed by atoms with Crippen LogP contribution in [0.15, 0.2) is 18.2 Å². The van der Waals surface area contributed by atoms with Crippen molar-refractivity contribution in [2.45, 2.75) is 57.1 Å². The van der Waals surface area contributed by atoms with E-state index in [1.54, 1.807) is 11.0 Å². The van der Waals surface area contributed by atoms with Crippen LogP contribution in [-0.4, -0.2) is 78.1 Å². The fourth-order valence-electron chi connectivity index (χ4n) is 5.87. The molecule has 0 bridgehead atoms. The Morgan fingerprint density at radius 2 is 2.05 bits per heavy atom. The van der Waals surface area contributed by atoms with Gasteiger partial charge in [0.25, 0.3) is 0 Å². The Morgan fingerprint density at radius 3 is 2.77 bits per heavy atom. The molecule has 0 saturated carbocycles. The van der Waals surface area contributed by atoms with E-state index >= 15 is 0 Å². The van der Waals surface area contributed by atoms with Crippen molar-refractivity contribution in [1.82, 2.24) is 20.2 Å². The highest BCUT2D eigenvalue weighted by molar-refractivity contribution is 5.61. The van der Waals surface area contributed by atoms with Crippen molar-refractivity contribution < 1.29 is 23.0 Å². The van der Waals surface area contributed by atoms with Gasteiger partial charge < -0.3 is 24.5 Å². The Labute approximate surface area is 226 Å².